The lowest BCUT2D eigenvalue weighted by molar-refractivity contribution is 0.315. The molecule has 19 heavy (non-hydrogen) atoms. The molecule has 1 heterocycles. The van der Waals surface area contributed by atoms with Crippen LogP contribution in [-0.4, -0.2) is 31.6 Å². The first-order chi connectivity index (χ1) is 9.18. The van der Waals surface area contributed by atoms with Gasteiger partial charge in [0.1, 0.15) is 0 Å². The van der Waals surface area contributed by atoms with Gasteiger partial charge in [0.2, 0.25) is 0 Å². The summed E-state index contributed by atoms with van der Waals surface area (Å²) < 4.78 is 5.08. The number of nitrogens with zero attached hydrogens (tertiary/aromatic N) is 1. The Balaban J connectivity index is 1.87. The highest BCUT2D eigenvalue weighted by Crippen LogP contribution is 2.06. The lowest BCUT2D eigenvalue weighted by Gasteiger charge is -2.15. The molecule has 0 aliphatic heterocycles. The van der Waals surface area contributed by atoms with Crippen LogP contribution in [0.1, 0.15) is 45.1 Å². The van der Waals surface area contributed by atoms with E-state index in [0.29, 0.717) is 0 Å². The number of nitrogens with one attached hydrogen (secondary N) is 1. The Kier molecular flexibility index (Phi) is 8.59. The largest absolute Gasteiger partial charge is 0.472 e. The van der Waals surface area contributed by atoms with Crippen molar-refractivity contribution in [3.05, 3.63) is 24.2 Å². The van der Waals surface area contributed by atoms with Crippen LogP contribution < -0.4 is 5.32 Å². The zero-order chi connectivity index (χ0) is 13.9. The Morgan fingerprint density at radius 1 is 1.21 bits per heavy atom. The van der Waals surface area contributed by atoms with Crippen molar-refractivity contribution in [3.63, 3.8) is 0 Å². The molecule has 0 unspecified atom stereocenters. The Morgan fingerprint density at radius 2 is 2.00 bits per heavy atom. The van der Waals surface area contributed by atoms with Gasteiger partial charge in [-0.1, -0.05) is 26.7 Å². The molecule has 3 nitrogen and oxygen atoms in total. The van der Waals surface area contributed by atoms with Crippen LogP contribution in [0.3, 0.4) is 0 Å². The van der Waals surface area contributed by atoms with Gasteiger partial charge in [-0.2, -0.15) is 0 Å². The van der Waals surface area contributed by atoms with Crippen molar-refractivity contribution in [3.8, 4) is 0 Å². The van der Waals surface area contributed by atoms with Gasteiger partial charge in [-0.05, 0) is 51.5 Å². The molecular weight excluding hydrogens is 236 g/mol. The molecule has 1 aromatic heterocycles. The van der Waals surface area contributed by atoms with E-state index in [9.17, 15) is 0 Å². The highest BCUT2D eigenvalue weighted by Gasteiger charge is 2.01. The maximum absolute atomic E-state index is 5.08. The van der Waals surface area contributed by atoms with Crippen molar-refractivity contribution in [1.29, 1.82) is 0 Å². The molecule has 0 aliphatic carbocycles. The van der Waals surface area contributed by atoms with Gasteiger partial charge in [-0.3, -0.25) is 0 Å². The standard InChI is InChI=1S/C16H30N2O/c1-15(2)12-17-9-6-4-5-7-10-18(3)13-16-8-11-19-14-16/h8,11,14-15,17H,4-7,9-10,12-13H2,1-3H3. The van der Waals surface area contributed by atoms with Crippen molar-refractivity contribution in [2.45, 2.75) is 46.1 Å². The molecule has 0 saturated heterocycles. The normalized spacial score (nSPS) is 11.6. The van der Waals surface area contributed by atoms with Crippen LogP contribution in [-0.2, 0) is 6.54 Å². The molecule has 0 bridgehead atoms. The van der Waals surface area contributed by atoms with Crippen molar-refractivity contribution in [1.82, 2.24) is 10.2 Å². The van der Waals surface area contributed by atoms with E-state index in [-0.39, 0.29) is 0 Å². The van der Waals surface area contributed by atoms with Gasteiger partial charge in [0.05, 0.1) is 12.5 Å². The molecule has 0 radical (unpaired) electrons. The zero-order valence-electron chi connectivity index (χ0n) is 12.8. The first kappa shape index (κ1) is 16.3. The number of furan rings is 1. The van der Waals surface area contributed by atoms with E-state index in [0.717, 1.165) is 19.0 Å². The van der Waals surface area contributed by atoms with Gasteiger partial charge in [0.25, 0.3) is 0 Å². The quantitative estimate of drug-likeness (QED) is 0.621. The van der Waals surface area contributed by atoms with E-state index in [4.69, 9.17) is 4.42 Å². The fourth-order valence-electron chi connectivity index (χ4n) is 2.15. The summed E-state index contributed by atoms with van der Waals surface area (Å²) in [6.07, 6.45) is 8.84. The topological polar surface area (TPSA) is 28.4 Å². The summed E-state index contributed by atoms with van der Waals surface area (Å²) in [4.78, 5) is 2.36. The van der Waals surface area contributed by atoms with Crippen LogP contribution in [0.15, 0.2) is 23.0 Å². The SMILES string of the molecule is CC(C)CNCCCCCCN(C)Cc1ccoc1. The van der Waals surface area contributed by atoms with Crippen LogP contribution in [0, 0.1) is 5.92 Å². The molecule has 0 aromatic carbocycles. The summed E-state index contributed by atoms with van der Waals surface area (Å²) >= 11 is 0. The molecule has 1 rings (SSSR count). The molecule has 0 aliphatic rings. The third kappa shape index (κ3) is 8.84. The van der Waals surface area contributed by atoms with Crippen LogP contribution in [0.25, 0.3) is 0 Å². The van der Waals surface area contributed by atoms with Gasteiger partial charge in [-0.15, -0.1) is 0 Å². The summed E-state index contributed by atoms with van der Waals surface area (Å²) in [5.74, 6) is 0.761. The van der Waals surface area contributed by atoms with Gasteiger partial charge in [0.15, 0.2) is 0 Å². The van der Waals surface area contributed by atoms with Crippen molar-refractivity contribution >= 4 is 0 Å². The predicted molar refractivity (Wildman–Crippen MR) is 81.2 cm³/mol. The van der Waals surface area contributed by atoms with E-state index < -0.39 is 0 Å². The first-order valence-corrected chi connectivity index (χ1v) is 7.59. The third-order valence-corrected chi connectivity index (χ3v) is 3.23. The van der Waals surface area contributed by atoms with E-state index in [1.807, 2.05) is 12.3 Å². The zero-order valence-corrected chi connectivity index (χ0v) is 12.8. The molecule has 1 N–H and O–H groups in total. The Morgan fingerprint density at radius 3 is 2.68 bits per heavy atom. The van der Waals surface area contributed by atoms with Gasteiger partial charge < -0.3 is 14.6 Å². The Labute approximate surface area is 118 Å². The molecular formula is C16H30N2O. The Bertz CT molecular complexity index is 296. The van der Waals surface area contributed by atoms with Crippen LogP contribution in [0.4, 0.5) is 0 Å². The van der Waals surface area contributed by atoms with Gasteiger partial charge >= 0.3 is 0 Å². The van der Waals surface area contributed by atoms with E-state index in [2.05, 4.69) is 31.1 Å². The number of hydrogen-bond donors (Lipinski definition) is 1. The molecule has 0 spiro atoms. The van der Waals surface area contributed by atoms with Crippen LogP contribution in [0.2, 0.25) is 0 Å². The molecule has 0 amide bonds. The van der Waals surface area contributed by atoms with Crippen molar-refractivity contribution in [2.75, 3.05) is 26.7 Å². The lowest BCUT2D eigenvalue weighted by Crippen LogP contribution is -2.21. The maximum atomic E-state index is 5.08. The molecule has 3 heteroatoms. The molecule has 0 saturated carbocycles. The summed E-state index contributed by atoms with van der Waals surface area (Å²) in [6, 6.07) is 2.04. The average Bonchev–Trinajstić information content (AvgIpc) is 2.85. The van der Waals surface area contributed by atoms with Crippen molar-refractivity contribution < 1.29 is 4.42 Å². The lowest BCUT2D eigenvalue weighted by atomic mass is 10.1. The second-order valence-corrected chi connectivity index (χ2v) is 5.88. The second kappa shape index (κ2) is 10.0. The fourth-order valence-corrected chi connectivity index (χ4v) is 2.15. The van der Waals surface area contributed by atoms with Crippen LogP contribution in [0.5, 0.6) is 0 Å². The molecule has 0 atom stereocenters. The minimum absolute atomic E-state index is 0.761. The fraction of sp³-hybridized carbons (Fsp3) is 0.750. The van der Waals surface area contributed by atoms with E-state index in [1.54, 1.807) is 6.26 Å². The highest BCUT2D eigenvalue weighted by molar-refractivity contribution is 5.04. The van der Waals surface area contributed by atoms with Crippen molar-refractivity contribution in [2.24, 2.45) is 5.92 Å². The van der Waals surface area contributed by atoms with E-state index >= 15 is 0 Å². The van der Waals surface area contributed by atoms with Gasteiger partial charge in [-0.25, -0.2) is 0 Å². The van der Waals surface area contributed by atoms with Gasteiger partial charge in [0, 0.05) is 12.1 Å². The second-order valence-electron chi connectivity index (χ2n) is 5.88. The Hall–Kier alpha value is -0.800. The van der Waals surface area contributed by atoms with Crippen LogP contribution >= 0.6 is 0 Å². The van der Waals surface area contributed by atoms with E-state index in [1.165, 1.54) is 44.3 Å². The minimum Gasteiger partial charge on any atom is -0.472 e. The highest BCUT2D eigenvalue weighted by atomic mass is 16.3. The molecule has 0 fully saturated rings. The summed E-state index contributed by atoms with van der Waals surface area (Å²) in [7, 11) is 2.18. The summed E-state index contributed by atoms with van der Waals surface area (Å²) in [6.45, 7) is 8.99. The summed E-state index contributed by atoms with van der Waals surface area (Å²) in [5, 5.41) is 3.49. The number of rotatable bonds is 11. The molecule has 110 valence electrons. The molecule has 1 aromatic rings. The maximum Gasteiger partial charge on any atom is 0.0947 e. The third-order valence-electron chi connectivity index (χ3n) is 3.23. The average molecular weight is 266 g/mol. The smallest absolute Gasteiger partial charge is 0.0947 e. The monoisotopic (exact) mass is 266 g/mol. The minimum atomic E-state index is 0.761. The predicted octanol–water partition coefficient (Wildman–Crippen LogP) is 3.52. The number of hydrogen-bond acceptors (Lipinski definition) is 3. The first-order valence-electron chi connectivity index (χ1n) is 7.59. The summed E-state index contributed by atoms with van der Waals surface area (Å²) in [5.41, 5.74) is 1.26. The number of unbranched alkanes of at least 4 members (excludes halogenated alkanes) is 3.